The zero-order chi connectivity index (χ0) is 13.1. The third kappa shape index (κ3) is 2.73. The van der Waals surface area contributed by atoms with Gasteiger partial charge in [-0.3, -0.25) is 0 Å². The number of rotatable bonds is 3. The maximum absolute atomic E-state index is 11.6. The van der Waals surface area contributed by atoms with Crippen LogP contribution in [-0.4, -0.2) is 23.1 Å². The smallest absolute Gasteiger partial charge is 0.339 e. The van der Waals surface area contributed by atoms with Crippen LogP contribution < -0.4 is 10.6 Å². The molecule has 1 saturated carbocycles. The molecule has 0 bridgehead atoms. The van der Waals surface area contributed by atoms with E-state index in [1.54, 1.807) is 6.07 Å². The Hall–Kier alpha value is -1.75. The molecule has 1 aromatic carbocycles. The highest BCUT2D eigenvalue weighted by atomic mass is 35.5. The SMILES string of the molecule is O=C(Nc1cccc(Cl)c1C(=O)O)NC1CCC1. The summed E-state index contributed by atoms with van der Waals surface area (Å²) in [5.41, 5.74) is 0.106. The van der Waals surface area contributed by atoms with Gasteiger partial charge in [-0.25, -0.2) is 9.59 Å². The fourth-order valence-corrected chi connectivity index (χ4v) is 2.00. The largest absolute Gasteiger partial charge is 0.478 e. The van der Waals surface area contributed by atoms with Crippen molar-refractivity contribution in [2.24, 2.45) is 0 Å². The van der Waals surface area contributed by atoms with Gasteiger partial charge in [0.25, 0.3) is 0 Å². The number of carbonyl (C=O) groups is 2. The van der Waals surface area contributed by atoms with E-state index < -0.39 is 12.0 Å². The molecule has 0 aromatic heterocycles. The number of anilines is 1. The number of hydrogen-bond donors (Lipinski definition) is 3. The molecular formula is C12H13ClN2O3. The van der Waals surface area contributed by atoms with Crippen molar-refractivity contribution in [1.29, 1.82) is 0 Å². The van der Waals surface area contributed by atoms with Crippen molar-refractivity contribution < 1.29 is 14.7 Å². The van der Waals surface area contributed by atoms with Crippen molar-refractivity contribution in [3.63, 3.8) is 0 Å². The minimum Gasteiger partial charge on any atom is -0.478 e. The molecule has 5 nitrogen and oxygen atoms in total. The summed E-state index contributed by atoms with van der Waals surface area (Å²) in [6.07, 6.45) is 3.05. The standard InChI is InChI=1S/C12H13ClN2O3/c13-8-5-2-6-9(10(8)11(16)17)15-12(18)14-7-3-1-4-7/h2,5-7H,1,3-4H2,(H,16,17)(H2,14,15,18). The van der Waals surface area contributed by atoms with Gasteiger partial charge in [0, 0.05) is 6.04 Å². The summed E-state index contributed by atoms with van der Waals surface area (Å²) < 4.78 is 0. The lowest BCUT2D eigenvalue weighted by Gasteiger charge is -2.26. The van der Waals surface area contributed by atoms with Crippen molar-refractivity contribution in [2.45, 2.75) is 25.3 Å². The van der Waals surface area contributed by atoms with Crippen molar-refractivity contribution >= 4 is 29.3 Å². The molecule has 0 saturated heterocycles. The second-order valence-corrected chi connectivity index (χ2v) is 4.60. The first-order chi connectivity index (χ1) is 8.58. The number of carboxylic acid groups (broad SMARTS) is 1. The summed E-state index contributed by atoms with van der Waals surface area (Å²) in [6.45, 7) is 0. The first kappa shape index (κ1) is 12.7. The van der Waals surface area contributed by atoms with E-state index in [2.05, 4.69) is 10.6 Å². The minimum atomic E-state index is -1.17. The van der Waals surface area contributed by atoms with Crippen LogP contribution in [0.2, 0.25) is 5.02 Å². The van der Waals surface area contributed by atoms with Gasteiger partial charge in [-0.1, -0.05) is 17.7 Å². The Morgan fingerprint density at radius 1 is 1.33 bits per heavy atom. The quantitative estimate of drug-likeness (QED) is 0.789. The molecular weight excluding hydrogens is 256 g/mol. The predicted molar refractivity (Wildman–Crippen MR) is 68.2 cm³/mol. The average molecular weight is 269 g/mol. The number of nitrogens with one attached hydrogen (secondary N) is 2. The molecule has 0 radical (unpaired) electrons. The van der Waals surface area contributed by atoms with Crippen molar-refractivity contribution in [3.8, 4) is 0 Å². The molecule has 2 amide bonds. The lowest BCUT2D eigenvalue weighted by Crippen LogP contribution is -2.42. The summed E-state index contributed by atoms with van der Waals surface area (Å²) in [4.78, 5) is 22.7. The molecule has 1 aliphatic rings. The molecule has 96 valence electrons. The Balaban J connectivity index is 2.10. The number of halogens is 1. The number of carboxylic acids is 1. The van der Waals surface area contributed by atoms with E-state index in [0.29, 0.717) is 0 Å². The van der Waals surface area contributed by atoms with Crippen LogP contribution in [0.3, 0.4) is 0 Å². The molecule has 0 aliphatic heterocycles. The minimum absolute atomic E-state index is 0.0945. The van der Waals surface area contributed by atoms with Crippen LogP contribution in [-0.2, 0) is 0 Å². The molecule has 0 unspecified atom stereocenters. The van der Waals surface area contributed by atoms with E-state index >= 15 is 0 Å². The van der Waals surface area contributed by atoms with Crippen LogP contribution in [0, 0.1) is 0 Å². The first-order valence-electron chi connectivity index (χ1n) is 5.67. The van der Waals surface area contributed by atoms with Gasteiger partial charge in [0.2, 0.25) is 0 Å². The van der Waals surface area contributed by atoms with E-state index in [4.69, 9.17) is 16.7 Å². The topological polar surface area (TPSA) is 78.4 Å². The molecule has 6 heteroatoms. The van der Waals surface area contributed by atoms with Crippen LogP contribution >= 0.6 is 11.6 Å². The summed E-state index contributed by atoms with van der Waals surface area (Å²) in [5.74, 6) is -1.17. The highest BCUT2D eigenvalue weighted by Crippen LogP contribution is 2.24. The number of hydrogen-bond acceptors (Lipinski definition) is 2. The normalized spacial score (nSPS) is 14.7. The van der Waals surface area contributed by atoms with Crippen LogP contribution in [0.5, 0.6) is 0 Å². The van der Waals surface area contributed by atoms with Crippen LogP contribution in [0.4, 0.5) is 10.5 Å². The Labute approximate surface area is 109 Å². The summed E-state index contributed by atoms with van der Waals surface area (Å²) in [6, 6.07) is 4.37. The van der Waals surface area contributed by atoms with Gasteiger partial charge < -0.3 is 15.7 Å². The zero-order valence-electron chi connectivity index (χ0n) is 9.57. The Morgan fingerprint density at radius 3 is 2.61 bits per heavy atom. The van der Waals surface area contributed by atoms with E-state index in [-0.39, 0.29) is 22.3 Å². The van der Waals surface area contributed by atoms with E-state index in [1.165, 1.54) is 12.1 Å². The number of carbonyl (C=O) groups excluding carboxylic acids is 1. The molecule has 0 atom stereocenters. The Bertz CT molecular complexity index is 486. The highest BCUT2D eigenvalue weighted by molar-refractivity contribution is 6.34. The molecule has 3 N–H and O–H groups in total. The number of benzene rings is 1. The summed E-state index contributed by atoms with van der Waals surface area (Å²) >= 11 is 5.80. The van der Waals surface area contributed by atoms with E-state index in [1.807, 2.05) is 0 Å². The van der Waals surface area contributed by atoms with Gasteiger partial charge in [-0.15, -0.1) is 0 Å². The lowest BCUT2D eigenvalue weighted by atomic mass is 9.93. The van der Waals surface area contributed by atoms with E-state index in [0.717, 1.165) is 19.3 Å². The second-order valence-electron chi connectivity index (χ2n) is 4.19. The lowest BCUT2D eigenvalue weighted by molar-refractivity contribution is 0.0698. The molecule has 2 rings (SSSR count). The fourth-order valence-electron chi connectivity index (χ4n) is 1.74. The van der Waals surface area contributed by atoms with Crippen molar-refractivity contribution in [3.05, 3.63) is 28.8 Å². The maximum Gasteiger partial charge on any atom is 0.339 e. The number of amides is 2. The van der Waals surface area contributed by atoms with E-state index in [9.17, 15) is 9.59 Å². The molecule has 0 spiro atoms. The van der Waals surface area contributed by atoms with Crippen LogP contribution in [0.15, 0.2) is 18.2 Å². The average Bonchev–Trinajstić information content (AvgIpc) is 2.23. The highest BCUT2D eigenvalue weighted by Gasteiger charge is 2.21. The molecule has 1 fully saturated rings. The van der Waals surface area contributed by atoms with Crippen LogP contribution in [0.25, 0.3) is 0 Å². The molecule has 18 heavy (non-hydrogen) atoms. The number of urea groups is 1. The zero-order valence-corrected chi connectivity index (χ0v) is 10.3. The van der Waals surface area contributed by atoms with Gasteiger partial charge in [-0.05, 0) is 31.4 Å². The molecule has 1 aliphatic carbocycles. The summed E-state index contributed by atoms with van der Waals surface area (Å²) in [7, 11) is 0. The monoisotopic (exact) mass is 268 g/mol. The third-order valence-electron chi connectivity index (χ3n) is 2.92. The summed E-state index contributed by atoms with van der Waals surface area (Å²) in [5, 5.41) is 14.4. The molecule has 0 heterocycles. The van der Waals surface area contributed by atoms with Crippen molar-refractivity contribution in [1.82, 2.24) is 5.32 Å². The first-order valence-corrected chi connectivity index (χ1v) is 6.05. The fraction of sp³-hybridized carbons (Fsp3) is 0.333. The van der Waals surface area contributed by atoms with Gasteiger partial charge in [0.15, 0.2) is 0 Å². The number of aromatic carboxylic acids is 1. The van der Waals surface area contributed by atoms with Gasteiger partial charge in [0.05, 0.1) is 10.7 Å². The van der Waals surface area contributed by atoms with Gasteiger partial charge in [-0.2, -0.15) is 0 Å². The van der Waals surface area contributed by atoms with Gasteiger partial charge in [0.1, 0.15) is 5.56 Å². The maximum atomic E-state index is 11.6. The van der Waals surface area contributed by atoms with Crippen molar-refractivity contribution in [2.75, 3.05) is 5.32 Å². The molecule has 1 aromatic rings. The predicted octanol–water partition coefficient (Wildman–Crippen LogP) is 2.71. The third-order valence-corrected chi connectivity index (χ3v) is 3.23. The van der Waals surface area contributed by atoms with Crippen LogP contribution in [0.1, 0.15) is 29.6 Å². The Kier molecular flexibility index (Phi) is 3.72. The second kappa shape index (κ2) is 5.27. The van der Waals surface area contributed by atoms with Gasteiger partial charge >= 0.3 is 12.0 Å². The Morgan fingerprint density at radius 2 is 2.06 bits per heavy atom.